The molecular formula is C15H21BrN2O. The Labute approximate surface area is 123 Å². The fourth-order valence-electron chi connectivity index (χ4n) is 2.64. The Kier molecular flexibility index (Phi) is 4.63. The topological polar surface area (TPSA) is 46.3 Å². The molecule has 1 fully saturated rings. The van der Waals surface area contributed by atoms with Gasteiger partial charge in [-0.3, -0.25) is 4.79 Å². The highest BCUT2D eigenvalue weighted by molar-refractivity contribution is 9.10. The van der Waals surface area contributed by atoms with Crippen LogP contribution in [-0.2, 0) is 0 Å². The number of benzene rings is 1. The molecular weight excluding hydrogens is 304 g/mol. The number of halogens is 1. The number of piperidine rings is 1. The van der Waals surface area contributed by atoms with Crippen molar-refractivity contribution in [2.45, 2.75) is 32.7 Å². The van der Waals surface area contributed by atoms with Crippen LogP contribution in [0.4, 0.5) is 0 Å². The smallest absolute Gasteiger partial charge is 0.254 e. The number of rotatable bonds is 2. The number of hydrogen-bond acceptors (Lipinski definition) is 2. The minimum Gasteiger partial charge on any atom is -0.336 e. The molecule has 3 nitrogen and oxygen atoms in total. The van der Waals surface area contributed by atoms with Crippen molar-refractivity contribution in [3.8, 4) is 0 Å². The molecule has 0 saturated carbocycles. The fraction of sp³-hybridized carbons (Fsp3) is 0.533. The largest absolute Gasteiger partial charge is 0.336 e. The van der Waals surface area contributed by atoms with Crippen molar-refractivity contribution in [3.05, 3.63) is 33.8 Å². The molecule has 2 N–H and O–H groups in total. The third-order valence-corrected chi connectivity index (χ3v) is 4.50. The van der Waals surface area contributed by atoms with Gasteiger partial charge in [0.05, 0.1) is 0 Å². The summed E-state index contributed by atoms with van der Waals surface area (Å²) in [6.45, 7) is 5.54. The number of nitrogens with zero attached hydrogens (tertiary/aromatic N) is 1. The summed E-state index contributed by atoms with van der Waals surface area (Å²) in [7, 11) is 0. The van der Waals surface area contributed by atoms with E-state index in [2.05, 4.69) is 22.9 Å². The van der Waals surface area contributed by atoms with E-state index in [1.165, 1.54) is 0 Å². The quantitative estimate of drug-likeness (QED) is 0.909. The van der Waals surface area contributed by atoms with E-state index in [9.17, 15) is 4.79 Å². The lowest BCUT2D eigenvalue weighted by Crippen LogP contribution is -2.47. The van der Waals surface area contributed by atoms with Crippen LogP contribution in [0.3, 0.4) is 0 Å². The van der Waals surface area contributed by atoms with E-state index in [1.54, 1.807) is 0 Å². The van der Waals surface area contributed by atoms with Gasteiger partial charge in [0.15, 0.2) is 0 Å². The maximum atomic E-state index is 12.7. The lowest BCUT2D eigenvalue weighted by atomic mass is 9.92. The number of hydrogen-bond donors (Lipinski definition) is 1. The predicted molar refractivity (Wildman–Crippen MR) is 81.2 cm³/mol. The summed E-state index contributed by atoms with van der Waals surface area (Å²) < 4.78 is 0.946. The van der Waals surface area contributed by atoms with Gasteiger partial charge in [0, 0.05) is 22.6 Å². The molecule has 1 aromatic carbocycles. The van der Waals surface area contributed by atoms with Crippen molar-refractivity contribution in [2.24, 2.45) is 11.7 Å². The molecule has 0 aromatic heterocycles. The molecule has 1 amide bonds. The van der Waals surface area contributed by atoms with Crippen LogP contribution in [0.25, 0.3) is 0 Å². The van der Waals surface area contributed by atoms with E-state index >= 15 is 0 Å². The first-order valence-corrected chi connectivity index (χ1v) is 7.59. The summed E-state index contributed by atoms with van der Waals surface area (Å²) in [5.74, 6) is 0.567. The lowest BCUT2D eigenvalue weighted by molar-refractivity contribution is 0.0566. The highest BCUT2D eigenvalue weighted by Crippen LogP contribution is 2.25. The normalized spacial score (nSPS) is 23.5. The van der Waals surface area contributed by atoms with E-state index in [4.69, 9.17) is 5.73 Å². The average molecular weight is 325 g/mol. The van der Waals surface area contributed by atoms with Gasteiger partial charge in [0.1, 0.15) is 0 Å². The molecule has 104 valence electrons. The Morgan fingerprint density at radius 3 is 2.89 bits per heavy atom. The average Bonchev–Trinajstić information content (AvgIpc) is 2.41. The first kappa shape index (κ1) is 14.5. The minimum atomic E-state index is 0.129. The summed E-state index contributed by atoms with van der Waals surface area (Å²) in [4.78, 5) is 14.7. The van der Waals surface area contributed by atoms with Crippen molar-refractivity contribution in [3.63, 3.8) is 0 Å². The highest BCUT2D eigenvalue weighted by Gasteiger charge is 2.29. The number of likely N-dealkylation sites (tertiary alicyclic amines) is 1. The SMILES string of the molecule is Cc1ccc(Br)cc1C(=O)N1CC(CN)CCC1C. The highest BCUT2D eigenvalue weighted by atomic mass is 79.9. The molecule has 2 unspecified atom stereocenters. The van der Waals surface area contributed by atoms with Crippen LogP contribution in [0.5, 0.6) is 0 Å². The number of aryl methyl sites for hydroxylation is 1. The third-order valence-electron chi connectivity index (χ3n) is 4.00. The molecule has 1 aliphatic heterocycles. The maximum Gasteiger partial charge on any atom is 0.254 e. The third kappa shape index (κ3) is 3.18. The zero-order valence-electron chi connectivity index (χ0n) is 11.5. The molecule has 4 heteroatoms. The second-order valence-electron chi connectivity index (χ2n) is 5.44. The number of carbonyl (C=O) groups excluding carboxylic acids is 1. The molecule has 0 bridgehead atoms. The fourth-order valence-corrected chi connectivity index (χ4v) is 3.00. The molecule has 2 rings (SSSR count). The summed E-state index contributed by atoms with van der Waals surface area (Å²) in [5, 5.41) is 0. The standard InChI is InChI=1S/C15H21BrN2O/c1-10-3-6-13(16)7-14(10)15(19)18-9-12(8-17)5-4-11(18)2/h3,6-7,11-12H,4-5,8-9,17H2,1-2H3. The molecule has 0 radical (unpaired) electrons. The second kappa shape index (κ2) is 6.06. The molecule has 1 aromatic rings. The molecule has 19 heavy (non-hydrogen) atoms. The Morgan fingerprint density at radius 2 is 2.21 bits per heavy atom. The molecule has 2 atom stereocenters. The molecule has 0 aliphatic carbocycles. The summed E-state index contributed by atoms with van der Waals surface area (Å²) in [6.07, 6.45) is 2.17. The van der Waals surface area contributed by atoms with Crippen molar-refractivity contribution in [1.29, 1.82) is 0 Å². The minimum absolute atomic E-state index is 0.129. The van der Waals surface area contributed by atoms with Crippen LogP contribution in [0, 0.1) is 12.8 Å². The van der Waals surface area contributed by atoms with E-state index in [0.717, 1.165) is 35.0 Å². The van der Waals surface area contributed by atoms with Gasteiger partial charge in [0.2, 0.25) is 0 Å². The Morgan fingerprint density at radius 1 is 1.47 bits per heavy atom. The molecule has 0 spiro atoms. The van der Waals surface area contributed by atoms with Gasteiger partial charge in [-0.2, -0.15) is 0 Å². The van der Waals surface area contributed by atoms with Crippen LogP contribution < -0.4 is 5.73 Å². The van der Waals surface area contributed by atoms with Gasteiger partial charge in [-0.25, -0.2) is 0 Å². The van der Waals surface area contributed by atoms with Crippen LogP contribution in [0.1, 0.15) is 35.7 Å². The zero-order chi connectivity index (χ0) is 14.0. The Bertz CT molecular complexity index is 475. The van der Waals surface area contributed by atoms with Crippen LogP contribution >= 0.6 is 15.9 Å². The molecule has 1 aliphatic rings. The van der Waals surface area contributed by atoms with Crippen molar-refractivity contribution >= 4 is 21.8 Å². The monoisotopic (exact) mass is 324 g/mol. The van der Waals surface area contributed by atoms with E-state index in [0.29, 0.717) is 18.5 Å². The molecule has 1 heterocycles. The van der Waals surface area contributed by atoms with Crippen LogP contribution in [0.15, 0.2) is 22.7 Å². The van der Waals surface area contributed by atoms with Gasteiger partial charge < -0.3 is 10.6 Å². The summed E-state index contributed by atoms with van der Waals surface area (Å²) >= 11 is 3.44. The maximum absolute atomic E-state index is 12.7. The Balaban J connectivity index is 2.24. The van der Waals surface area contributed by atoms with Crippen molar-refractivity contribution < 1.29 is 4.79 Å². The lowest BCUT2D eigenvalue weighted by Gasteiger charge is -2.38. The first-order chi connectivity index (χ1) is 9.02. The van der Waals surface area contributed by atoms with Crippen LogP contribution in [0.2, 0.25) is 0 Å². The first-order valence-electron chi connectivity index (χ1n) is 6.80. The second-order valence-corrected chi connectivity index (χ2v) is 6.36. The van der Waals surface area contributed by atoms with Crippen LogP contribution in [-0.4, -0.2) is 29.9 Å². The molecule has 1 saturated heterocycles. The predicted octanol–water partition coefficient (Wildman–Crippen LogP) is 2.96. The van der Waals surface area contributed by atoms with Gasteiger partial charge >= 0.3 is 0 Å². The van der Waals surface area contributed by atoms with Gasteiger partial charge in [-0.05, 0) is 56.8 Å². The van der Waals surface area contributed by atoms with E-state index in [-0.39, 0.29) is 5.91 Å². The number of nitrogens with two attached hydrogens (primary N) is 1. The van der Waals surface area contributed by atoms with Gasteiger partial charge in [-0.1, -0.05) is 22.0 Å². The van der Waals surface area contributed by atoms with E-state index < -0.39 is 0 Å². The van der Waals surface area contributed by atoms with Gasteiger partial charge in [0.25, 0.3) is 5.91 Å². The van der Waals surface area contributed by atoms with Gasteiger partial charge in [-0.15, -0.1) is 0 Å². The van der Waals surface area contributed by atoms with Crippen molar-refractivity contribution in [1.82, 2.24) is 4.90 Å². The number of amides is 1. The van der Waals surface area contributed by atoms with E-state index in [1.807, 2.05) is 30.0 Å². The zero-order valence-corrected chi connectivity index (χ0v) is 13.1. The summed E-state index contributed by atoms with van der Waals surface area (Å²) in [6, 6.07) is 6.16. The summed E-state index contributed by atoms with van der Waals surface area (Å²) in [5.41, 5.74) is 7.57. The Hall–Kier alpha value is -0.870. The number of carbonyl (C=O) groups is 1. The van der Waals surface area contributed by atoms with Crippen molar-refractivity contribution in [2.75, 3.05) is 13.1 Å².